The molecule has 1 aromatic heterocycles. The largest absolute Gasteiger partial charge is 0.338 e. The lowest BCUT2D eigenvalue weighted by Crippen LogP contribution is -1.96. The third kappa shape index (κ3) is 3.26. The van der Waals surface area contributed by atoms with Crippen LogP contribution in [-0.2, 0) is 0 Å². The second-order valence-electron chi connectivity index (χ2n) is 4.52. The Hall–Kier alpha value is -1.84. The van der Waals surface area contributed by atoms with Gasteiger partial charge in [0.15, 0.2) is 0 Å². The number of hydrogen-bond acceptors (Lipinski definition) is 2. The Kier molecular flexibility index (Phi) is 4.23. The molecule has 0 atom stereocenters. The first kappa shape index (κ1) is 14.1. The fourth-order valence-electron chi connectivity index (χ4n) is 2.10. The molecule has 2 nitrogen and oxygen atoms in total. The van der Waals surface area contributed by atoms with Crippen molar-refractivity contribution in [1.29, 1.82) is 0 Å². The molecule has 3 rings (SSSR count). The summed E-state index contributed by atoms with van der Waals surface area (Å²) < 4.78 is 0.856. The van der Waals surface area contributed by atoms with Gasteiger partial charge >= 0.3 is 0 Å². The van der Waals surface area contributed by atoms with Crippen LogP contribution < -0.4 is 5.32 Å². The van der Waals surface area contributed by atoms with Crippen molar-refractivity contribution >= 4 is 39.0 Å². The molecular weight excluding hydrogens is 348 g/mol. The fraction of sp³-hybridized carbons (Fsp3) is 0. The fourth-order valence-corrected chi connectivity index (χ4v) is 2.77. The molecule has 0 aliphatic carbocycles. The van der Waals surface area contributed by atoms with Crippen molar-refractivity contribution < 1.29 is 0 Å². The van der Waals surface area contributed by atoms with Gasteiger partial charge in [-0.2, -0.15) is 0 Å². The summed E-state index contributed by atoms with van der Waals surface area (Å²) in [5.41, 5.74) is 3.23. The highest BCUT2D eigenvalue weighted by Gasteiger charge is 2.08. The van der Waals surface area contributed by atoms with E-state index in [9.17, 15) is 0 Å². The van der Waals surface area contributed by atoms with Crippen molar-refractivity contribution in [1.82, 2.24) is 4.98 Å². The number of nitrogens with one attached hydrogen (secondary N) is 1. The monoisotopic (exact) mass is 358 g/mol. The second kappa shape index (κ2) is 6.29. The van der Waals surface area contributed by atoms with E-state index in [1.165, 1.54) is 0 Å². The van der Waals surface area contributed by atoms with Gasteiger partial charge in [-0.1, -0.05) is 60.1 Å². The molecule has 0 amide bonds. The Morgan fingerprint density at radius 1 is 0.952 bits per heavy atom. The van der Waals surface area contributed by atoms with E-state index < -0.39 is 0 Å². The number of aromatic nitrogens is 1. The first-order valence-electron chi connectivity index (χ1n) is 6.46. The first-order chi connectivity index (χ1) is 10.2. The average Bonchev–Trinajstić information content (AvgIpc) is 2.51. The number of pyridine rings is 1. The molecule has 4 heteroatoms. The molecule has 3 aromatic rings. The lowest BCUT2D eigenvalue weighted by Gasteiger charge is -2.12. The Morgan fingerprint density at radius 3 is 2.43 bits per heavy atom. The highest BCUT2D eigenvalue weighted by molar-refractivity contribution is 9.10. The van der Waals surface area contributed by atoms with Gasteiger partial charge in [0, 0.05) is 21.9 Å². The van der Waals surface area contributed by atoms with Gasteiger partial charge in [0.25, 0.3) is 0 Å². The third-order valence-electron chi connectivity index (χ3n) is 3.07. The number of anilines is 2. The van der Waals surface area contributed by atoms with Gasteiger partial charge in [0.05, 0.1) is 5.02 Å². The van der Waals surface area contributed by atoms with E-state index in [4.69, 9.17) is 11.6 Å². The topological polar surface area (TPSA) is 24.9 Å². The van der Waals surface area contributed by atoms with E-state index in [2.05, 4.69) is 44.4 Å². The van der Waals surface area contributed by atoms with E-state index in [0.29, 0.717) is 10.8 Å². The molecule has 104 valence electrons. The molecule has 0 aliphatic rings. The summed E-state index contributed by atoms with van der Waals surface area (Å²) in [6.07, 6.45) is 1.72. The average molecular weight is 360 g/mol. The van der Waals surface area contributed by atoms with E-state index in [-0.39, 0.29) is 0 Å². The molecule has 0 aliphatic heterocycles. The molecule has 0 saturated carbocycles. The summed E-state index contributed by atoms with van der Waals surface area (Å²) in [6.45, 7) is 0. The lowest BCUT2D eigenvalue weighted by atomic mass is 10.0. The summed E-state index contributed by atoms with van der Waals surface area (Å²) in [5, 5.41) is 3.88. The summed E-state index contributed by atoms with van der Waals surface area (Å²) in [6, 6.07) is 20.1. The van der Waals surface area contributed by atoms with Crippen molar-refractivity contribution in [2.24, 2.45) is 0 Å². The molecule has 1 N–H and O–H groups in total. The zero-order valence-electron chi connectivity index (χ0n) is 11.1. The minimum atomic E-state index is 0.576. The summed E-state index contributed by atoms with van der Waals surface area (Å²) >= 11 is 9.58. The maximum atomic E-state index is 6.22. The SMILES string of the molecule is Clc1cc(Br)cnc1Nc1ccccc1-c1ccccc1. The molecule has 0 bridgehead atoms. The minimum Gasteiger partial charge on any atom is -0.338 e. The van der Waals surface area contributed by atoms with Crippen LogP contribution >= 0.6 is 27.5 Å². The Bertz CT molecular complexity index is 760. The lowest BCUT2D eigenvalue weighted by molar-refractivity contribution is 1.29. The number of halogens is 2. The number of rotatable bonds is 3. The number of para-hydroxylation sites is 1. The highest BCUT2D eigenvalue weighted by atomic mass is 79.9. The van der Waals surface area contributed by atoms with Crippen molar-refractivity contribution in [2.45, 2.75) is 0 Å². The minimum absolute atomic E-state index is 0.576. The molecule has 0 saturated heterocycles. The van der Waals surface area contributed by atoms with Gasteiger partial charge in [0.2, 0.25) is 0 Å². The maximum Gasteiger partial charge on any atom is 0.149 e. The van der Waals surface area contributed by atoms with Crippen LogP contribution in [0.3, 0.4) is 0 Å². The van der Waals surface area contributed by atoms with E-state index >= 15 is 0 Å². The Morgan fingerprint density at radius 2 is 1.67 bits per heavy atom. The third-order valence-corrected chi connectivity index (χ3v) is 3.79. The molecular formula is C17H12BrClN2. The van der Waals surface area contributed by atoms with Crippen LogP contribution in [0.1, 0.15) is 0 Å². The van der Waals surface area contributed by atoms with Crippen LogP contribution in [0.2, 0.25) is 5.02 Å². The zero-order chi connectivity index (χ0) is 14.7. The van der Waals surface area contributed by atoms with Crippen LogP contribution in [-0.4, -0.2) is 4.98 Å². The summed E-state index contributed by atoms with van der Waals surface area (Å²) in [5.74, 6) is 0.642. The Labute approximate surface area is 136 Å². The van der Waals surface area contributed by atoms with Crippen LogP contribution in [0.15, 0.2) is 71.3 Å². The molecule has 21 heavy (non-hydrogen) atoms. The van der Waals surface area contributed by atoms with E-state index in [1.807, 2.05) is 42.5 Å². The molecule has 0 spiro atoms. The normalized spacial score (nSPS) is 10.4. The van der Waals surface area contributed by atoms with Crippen molar-refractivity contribution in [3.63, 3.8) is 0 Å². The Balaban J connectivity index is 2.00. The quantitative estimate of drug-likeness (QED) is 0.629. The molecule has 0 unspecified atom stereocenters. The smallest absolute Gasteiger partial charge is 0.149 e. The molecule has 1 heterocycles. The maximum absolute atomic E-state index is 6.22. The van der Waals surface area contributed by atoms with Crippen molar-refractivity contribution in [2.75, 3.05) is 5.32 Å². The molecule has 0 fully saturated rings. The van der Waals surface area contributed by atoms with E-state index in [0.717, 1.165) is 21.3 Å². The number of nitrogens with zero attached hydrogens (tertiary/aromatic N) is 1. The second-order valence-corrected chi connectivity index (χ2v) is 5.84. The number of hydrogen-bond donors (Lipinski definition) is 1. The molecule has 0 radical (unpaired) electrons. The van der Waals surface area contributed by atoms with Crippen molar-refractivity contribution in [3.05, 3.63) is 76.4 Å². The first-order valence-corrected chi connectivity index (χ1v) is 7.63. The van der Waals surface area contributed by atoms with Gasteiger partial charge in [-0.05, 0) is 33.6 Å². The van der Waals surface area contributed by atoms with Crippen LogP contribution in [0.25, 0.3) is 11.1 Å². The predicted octanol–water partition coefficient (Wildman–Crippen LogP) is 5.91. The van der Waals surface area contributed by atoms with Gasteiger partial charge in [-0.15, -0.1) is 0 Å². The van der Waals surface area contributed by atoms with Crippen LogP contribution in [0, 0.1) is 0 Å². The highest BCUT2D eigenvalue weighted by Crippen LogP contribution is 2.32. The predicted molar refractivity (Wildman–Crippen MR) is 92.1 cm³/mol. The number of benzene rings is 2. The summed E-state index contributed by atoms with van der Waals surface area (Å²) in [4.78, 5) is 4.32. The van der Waals surface area contributed by atoms with Crippen LogP contribution in [0.4, 0.5) is 11.5 Å². The van der Waals surface area contributed by atoms with Gasteiger partial charge in [-0.25, -0.2) is 4.98 Å². The standard InChI is InChI=1S/C17H12BrClN2/c18-13-10-15(19)17(20-11-13)21-16-9-5-4-8-14(16)12-6-2-1-3-7-12/h1-11H,(H,20,21). The van der Waals surface area contributed by atoms with Gasteiger partial charge in [0.1, 0.15) is 5.82 Å². The van der Waals surface area contributed by atoms with E-state index in [1.54, 1.807) is 6.20 Å². The van der Waals surface area contributed by atoms with Gasteiger partial charge in [-0.3, -0.25) is 0 Å². The summed E-state index contributed by atoms with van der Waals surface area (Å²) in [7, 11) is 0. The molecule has 2 aromatic carbocycles. The van der Waals surface area contributed by atoms with Crippen LogP contribution in [0.5, 0.6) is 0 Å². The van der Waals surface area contributed by atoms with Crippen molar-refractivity contribution in [3.8, 4) is 11.1 Å². The zero-order valence-corrected chi connectivity index (χ0v) is 13.4. The van der Waals surface area contributed by atoms with Gasteiger partial charge < -0.3 is 5.32 Å².